The molecule has 0 amide bonds. The van der Waals surface area contributed by atoms with Gasteiger partial charge in [0.2, 0.25) is 0 Å². The van der Waals surface area contributed by atoms with Crippen molar-refractivity contribution in [1.29, 1.82) is 0 Å². The standard InChI is InChI=1S/C7H5ClN2S/c8-7-10-6(4-11-7)5-1-2-9-3-5/h1-4,9H. The van der Waals surface area contributed by atoms with Crippen LogP contribution in [-0.2, 0) is 0 Å². The topological polar surface area (TPSA) is 28.7 Å². The van der Waals surface area contributed by atoms with E-state index in [-0.39, 0.29) is 0 Å². The largest absolute Gasteiger partial charge is 0.367 e. The lowest BCUT2D eigenvalue weighted by Gasteiger charge is -1.84. The first-order valence-electron chi connectivity index (χ1n) is 3.10. The molecule has 0 bridgehead atoms. The second kappa shape index (κ2) is 2.68. The van der Waals surface area contributed by atoms with E-state index in [1.54, 1.807) is 0 Å². The Balaban J connectivity index is 2.45. The summed E-state index contributed by atoms with van der Waals surface area (Å²) in [5.74, 6) is 0. The van der Waals surface area contributed by atoms with E-state index >= 15 is 0 Å². The van der Waals surface area contributed by atoms with Gasteiger partial charge in [-0.2, -0.15) is 0 Å². The molecule has 2 heterocycles. The highest BCUT2D eigenvalue weighted by Gasteiger charge is 2.01. The monoisotopic (exact) mass is 184 g/mol. The van der Waals surface area contributed by atoms with Crippen LogP contribution < -0.4 is 0 Å². The third-order valence-electron chi connectivity index (χ3n) is 1.37. The highest BCUT2D eigenvalue weighted by atomic mass is 35.5. The van der Waals surface area contributed by atoms with Crippen LogP contribution in [0.5, 0.6) is 0 Å². The zero-order chi connectivity index (χ0) is 7.68. The minimum atomic E-state index is 0.584. The molecule has 0 atom stereocenters. The SMILES string of the molecule is Clc1nc(-c2cc[nH]c2)cs1. The van der Waals surface area contributed by atoms with E-state index in [0.717, 1.165) is 11.3 Å². The molecule has 2 rings (SSSR count). The van der Waals surface area contributed by atoms with Gasteiger partial charge in [0.05, 0.1) is 5.69 Å². The molecule has 2 nitrogen and oxygen atoms in total. The van der Waals surface area contributed by atoms with Gasteiger partial charge >= 0.3 is 0 Å². The highest BCUT2D eigenvalue weighted by Crippen LogP contribution is 2.23. The van der Waals surface area contributed by atoms with Crippen molar-refractivity contribution in [2.24, 2.45) is 0 Å². The maximum atomic E-state index is 5.67. The van der Waals surface area contributed by atoms with Gasteiger partial charge < -0.3 is 4.98 Å². The van der Waals surface area contributed by atoms with Gasteiger partial charge in [0.25, 0.3) is 0 Å². The zero-order valence-electron chi connectivity index (χ0n) is 5.54. The average Bonchev–Trinajstić information content (AvgIpc) is 2.55. The summed E-state index contributed by atoms with van der Waals surface area (Å²) in [7, 11) is 0. The Morgan fingerprint density at radius 1 is 1.55 bits per heavy atom. The number of aromatic amines is 1. The van der Waals surface area contributed by atoms with Crippen molar-refractivity contribution < 1.29 is 0 Å². The maximum Gasteiger partial charge on any atom is 0.184 e. The van der Waals surface area contributed by atoms with E-state index in [4.69, 9.17) is 11.6 Å². The smallest absolute Gasteiger partial charge is 0.184 e. The predicted octanol–water partition coefficient (Wildman–Crippen LogP) is 2.79. The molecular weight excluding hydrogens is 180 g/mol. The number of halogens is 1. The third-order valence-corrected chi connectivity index (χ3v) is 2.35. The summed E-state index contributed by atoms with van der Waals surface area (Å²) in [6.45, 7) is 0. The van der Waals surface area contributed by atoms with Gasteiger partial charge in [-0.15, -0.1) is 11.3 Å². The first kappa shape index (κ1) is 6.88. The molecule has 0 aliphatic carbocycles. The Morgan fingerprint density at radius 2 is 2.45 bits per heavy atom. The third kappa shape index (κ3) is 1.29. The van der Waals surface area contributed by atoms with Crippen LogP contribution in [0.3, 0.4) is 0 Å². The fourth-order valence-corrected chi connectivity index (χ4v) is 1.64. The van der Waals surface area contributed by atoms with Gasteiger partial charge in [0.1, 0.15) is 0 Å². The molecule has 0 unspecified atom stereocenters. The van der Waals surface area contributed by atoms with Gasteiger partial charge in [-0.3, -0.25) is 0 Å². The zero-order valence-corrected chi connectivity index (χ0v) is 7.12. The van der Waals surface area contributed by atoms with E-state index in [1.165, 1.54) is 11.3 Å². The maximum absolute atomic E-state index is 5.67. The summed E-state index contributed by atoms with van der Waals surface area (Å²) in [6.07, 6.45) is 3.76. The molecule has 0 aliphatic heterocycles. The number of nitrogens with one attached hydrogen (secondary N) is 1. The summed E-state index contributed by atoms with van der Waals surface area (Å²) in [5, 5.41) is 1.94. The van der Waals surface area contributed by atoms with Crippen LogP contribution in [0.1, 0.15) is 0 Å². The van der Waals surface area contributed by atoms with E-state index in [9.17, 15) is 0 Å². The van der Waals surface area contributed by atoms with E-state index in [1.807, 2.05) is 23.8 Å². The first-order valence-corrected chi connectivity index (χ1v) is 4.36. The second-order valence-electron chi connectivity index (χ2n) is 2.09. The fourth-order valence-electron chi connectivity index (χ4n) is 0.868. The van der Waals surface area contributed by atoms with E-state index < -0.39 is 0 Å². The first-order chi connectivity index (χ1) is 5.36. The van der Waals surface area contributed by atoms with Crippen molar-refractivity contribution in [3.05, 3.63) is 28.3 Å². The minimum absolute atomic E-state index is 0.584. The van der Waals surface area contributed by atoms with Gasteiger partial charge in [-0.25, -0.2) is 4.98 Å². The summed E-state index contributed by atoms with van der Waals surface area (Å²) in [5.41, 5.74) is 2.01. The van der Waals surface area contributed by atoms with Crippen molar-refractivity contribution in [1.82, 2.24) is 9.97 Å². The van der Waals surface area contributed by atoms with Crippen LogP contribution in [0.2, 0.25) is 4.47 Å². The molecule has 0 radical (unpaired) electrons. The molecule has 2 aromatic rings. The molecule has 4 heteroatoms. The van der Waals surface area contributed by atoms with Crippen molar-refractivity contribution in [2.45, 2.75) is 0 Å². The molecule has 0 saturated carbocycles. The van der Waals surface area contributed by atoms with E-state index in [2.05, 4.69) is 9.97 Å². The van der Waals surface area contributed by atoms with Crippen LogP contribution in [0, 0.1) is 0 Å². The highest BCUT2D eigenvalue weighted by molar-refractivity contribution is 7.14. The number of hydrogen-bond donors (Lipinski definition) is 1. The Kier molecular flexibility index (Phi) is 1.68. The molecule has 0 fully saturated rings. The second-order valence-corrected chi connectivity index (χ2v) is 3.53. The fraction of sp³-hybridized carbons (Fsp3) is 0. The molecule has 56 valence electrons. The van der Waals surface area contributed by atoms with Crippen LogP contribution >= 0.6 is 22.9 Å². The van der Waals surface area contributed by atoms with Crippen LogP contribution in [0.15, 0.2) is 23.8 Å². The Morgan fingerprint density at radius 3 is 3.00 bits per heavy atom. The number of H-pyrrole nitrogens is 1. The number of rotatable bonds is 1. The minimum Gasteiger partial charge on any atom is -0.367 e. The normalized spacial score (nSPS) is 10.3. The summed E-state index contributed by atoms with van der Waals surface area (Å²) in [6, 6.07) is 1.96. The van der Waals surface area contributed by atoms with Gasteiger partial charge in [0.15, 0.2) is 4.47 Å². The predicted molar refractivity (Wildman–Crippen MR) is 46.9 cm³/mol. The van der Waals surface area contributed by atoms with E-state index in [0.29, 0.717) is 4.47 Å². The van der Waals surface area contributed by atoms with Crippen molar-refractivity contribution in [2.75, 3.05) is 0 Å². The molecule has 0 aliphatic rings. The lowest BCUT2D eigenvalue weighted by atomic mass is 10.3. The van der Waals surface area contributed by atoms with Gasteiger partial charge in [0, 0.05) is 23.3 Å². The molecule has 0 aromatic carbocycles. The summed E-state index contributed by atoms with van der Waals surface area (Å²) in [4.78, 5) is 7.08. The van der Waals surface area contributed by atoms with Gasteiger partial charge in [-0.05, 0) is 6.07 Å². The number of thiazole rings is 1. The molecular formula is C7H5ClN2S. The lowest BCUT2D eigenvalue weighted by molar-refractivity contribution is 1.39. The quantitative estimate of drug-likeness (QED) is 0.726. The lowest BCUT2D eigenvalue weighted by Crippen LogP contribution is -1.70. The molecule has 11 heavy (non-hydrogen) atoms. The van der Waals surface area contributed by atoms with Crippen LogP contribution in [0.4, 0.5) is 0 Å². The Labute approximate surface area is 72.9 Å². The van der Waals surface area contributed by atoms with Crippen molar-refractivity contribution in [3.63, 3.8) is 0 Å². The number of aromatic nitrogens is 2. The summed E-state index contributed by atoms with van der Waals surface area (Å²) >= 11 is 7.12. The number of nitrogens with zero attached hydrogens (tertiary/aromatic N) is 1. The molecule has 1 N–H and O–H groups in total. The Bertz CT molecular complexity index is 339. The van der Waals surface area contributed by atoms with Crippen LogP contribution in [0.25, 0.3) is 11.3 Å². The molecule has 0 saturated heterocycles. The number of hydrogen-bond acceptors (Lipinski definition) is 2. The molecule has 2 aromatic heterocycles. The summed E-state index contributed by atoms with van der Waals surface area (Å²) < 4.78 is 0.584. The van der Waals surface area contributed by atoms with Gasteiger partial charge in [-0.1, -0.05) is 11.6 Å². The molecule has 0 spiro atoms. The van der Waals surface area contributed by atoms with Crippen molar-refractivity contribution >= 4 is 22.9 Å². The van der Waals surface area contributed by atoms with Crippen molar-refractivity contribution in [3.8, 4) is 11.3 Å². The average molecular weight is 185 g/mol. The van der Waals surface area contributed by atoms with Crippen LogP contribution in [-0.4, -0.2) is 9.97 Å². The Hall–Kier alpha value is -0.800.